The van der Waals surface area contributed by atoms with E-state index in [1.165, 1.54) is 18.2 Å². The molecule has 4 aromatic carbocycles. The van der Waals surface area contributed by atoms with Gasteiger partial charge in [0.15, 0.2) is 5.75 Å². The summed E-state index contributed by atoms with van der Waals surface area (Å²) in [5.74, 6) is -2.27. The first-order valence-electron chi connectivity index (χ1n) is 10.8. The maximum absolute atomic E-state index is 12.2. The molecule has 0 aromatic heterocycles. The summed E-state index contributed by atoms with van der Waals surface area (Å²) in [5, 5.41) is 41.8. The quantitative estimate of drug-likeness (QED) is 0.0572. The number of halogens is 1. The number of carbonyl (C=O) groups is 1. The number of carbonyl (C=O) groups excluding carboxylic acids is 1. The number of non-ortho nitro benzene ring substituents is 1. The van der Waals surface area contributed by atoms with Gasteiger partial charge in [-0.3, -0.25) is 24.0 Å². The topological polar surface area (TPSA) is 246 Å². The summed E-state index contributed by atoms with van der Waals surface area (Å²) in [4.78, 5) is 20.5. The third-order valence-electron chi connectivity index (χ3n) is 5.61. The second kappa shape index (κ2) is 10.5. The van der Waals surface area contributed by atoms with E-state index < -0.39 is 74.8 Å². The average Bonchev–Trinajstić information content (AvgIpc) is 2.86. The fourth-order valence-electron chi connectivity index (χ4n) is 3.80. The van der Waals surface area contributed by atoms with E-state index in [9.17, 15) is 51.1 Å². The smallest absolute Gasteiger partial charge is 0.296 e. The zero-order chi connectivity index (χ0) is 30.4. The lowest BCUT2D eigenvalue weighted by Crippen LogP contribution is -2.10. The number of rotatable bonds is 7. The van der Waals surface area contributed by atoms with Crippen LogP contribution < -0.4 is 5.32 Å². The van der Waals surface area contributed by atoms with E-state index in [2.05, 4.69) is 38.1 Å². The number of nitrogens with zero attached hydrogens (tertiary/aromatic N) is 3. The van der Waals surface area contributed by atoms with Crippen LogP contribution in [0.1, 0.15) is 0 Å². The van der Waals surface area contributed by atoms with Gasteiger partial charge in [0.2, 0.25) is 0 Å². The Balaban J connectivity index is 1.96. The van der Waals surface area contributed by atoms with Crippen molar-refractivity contribution in [1.82, 2.24) is 0 Å². The molecule has 1 amide bonds. The number of nitro benzene ring substituents is 1. The van der Waals surface area contributed by atoms with E-state index in [1.54, 1.807) is 0 Å². The van der Waals surface area contributed by atoms with Crippen LogP contribution >= 0.6 is 15.9 Å². The van der Waals surface area contributed by atoms with Gasteiger partial charge in [0.05, 0.1) is 9.41 Å². The van der Waals surface area contributed by atoms with E-state index in [-0.39, 0.29) is 26.3 Å². The fourth-order valence-corrected chi connectivity index (χ4v) is 5.27. The number of nitrogens with one attached hydrogen (secondary N) is 1. The standard InChI is InChI=1S/C23H15BrN4O11S2/c1-10(24)23(31)25-12-2-4-14-11(6-12)7-19(41(37,38)39)21(22(14)30)27-26-20-15-5-3-13(28(32)33)8-16(15)18(9-17(20)29)40(34,35)36/h2-9,29-30H,1H2,(H,25,31)(H,34,35,36)(H,37,38,39). The number of fused-ring (bicyclic) bond motifs is 2. The number of nitro groups is 1. The van der Waals surface area contributed by atoms with Crippen LogP contribution in [0.15, 0.2) is 79.6 Å². The lowest BCUT2D eigenvalue weighted by atomic mass is 10.1. The largest absolute Gasteiger partial charge is 0.506 e. The molecule has 0 unspecified atom stereocenters. The number of phenolic OH excluding ortho intramolecular Hbond substituents is 2. The van der Waals surface area contributed by atoms with E-state index in [0.717, 1.165) is 24.3 Å². The molecule has 15 nitrogen and oxygen atoms in total. The van der Waals surface area contributed by atoms with Gasteiger partial charge < -0.3 is 15.5 Å². The van der Waals surface area contributed by atoms with Crippen molar-refractivity contribution in [1.29, 1.82) is 0 Å². The first-order chi connectivity index (χ1) is 19.0. The molecule has 0 bridgehead atoms. The van der Waals surface area contributed by atoms with Crippen LogP contribution in [0.2, 0.25) is 0 Å². The lowest BCUT2D eigenvalue weighted by molar-refractivity contribution is -0.384. The van der Waals surface area contributed by atoms with Crippen molar-refractivity contribution < 1.29 is 45.9 Å². The first kappa shape index (κ1) is 29.5. The molecule has 18 heteroatoms. The molecule has 4 rings (SSSR count). The van der Waals surface area contributed by atoms with Gasteiger partial charge in [-0.05, 0) is 51.6 Å². The highest BCUT2D eigenvalue weighted by atomic mass is 79.9. The highest BCUT2D eigenvalue weighted by molar-refractivity contribution is 9.12. The predicted molar refractivity (Wildman–Crippen MR) is 148 cm³/mol. The Bertz CT molecular complexity index is 2080. The van der Waals surface area contributed by atoms with Gasteiger partial charge in [0.25, 0.3) is 31.8 Å². The third kappa shape index (κ3) is 5.86. The second-order valence-electron chi connectivity index (χ2n) is 8.25. The highest BCUT2D eigenvalue weighted by Crippen LogP contribution is 2.45. The molecule has 5 N–H and O–H groups in total. The van der Waals surface area contributed by atoms with Gasteiger partial charge in [-0.1, -0.05) is 6.58 Å². The number of benzene rings is 4. The summed E-state index contributed by atoms with van der Waals surface area (Å²) in [6.45, 7) is 3.42. The minimum Gasteiger partial charge on any atom is -0.506 e. The minimum absolute atomic E-state index is 0.00447. The summed E-state index contributed by atoms with van der Waals surface area (Å²) in [7, 11) is -10.1. The summed E-state index contributed by atoms with van der Waals surface area (Å²) in [5.41, 5.74) is -1.68. The molecule has 0 atom stereocenters. The molecular formula is C23H15BrN4O11S2. The Morgan fingerprint density at radius 1 is 0.878 bits per heavy atom. The molecule has 0 radical (unpaired) electrons. The van der Waals surface area contributed by atoms with Crippen LogP contribution in [0.4, 0.5) is 22.7 Å². The van der Waals surface area contributed by atoms with Gasteiger partial charge in [-0.2, -0.15) is 16.8 Å². The van der Waals surface area contributed by atoms with Crippen molar-refractivity contribution in [3.8, 4) is 11.5 Å². The number of aromatic hydroxyl groups is 2. The lowest BCUT2D eigenvalue weighted by Gasteiger charge is -2.11. The molecule has 0 saturated heterocycles. The third-order valence-corrected chi connectivity index (χ3v) is 7.73. The molecule has 212 valence electrons. The Morgan fingerprint density at radius 3 is 2.07 bits per heavy atom. The molecule has 0 fully saturated rings. The van der Waals surface area contributed by atoms with Gasteiger partial charge in [0, 0.05) is 40.0 Å². The predicted octanol–water partition coefficient (Wildman–Crippen LogP) is 5.07. The van der Waals surface area contributed by atoms with E-state index in [1.807, 2.05) is 0 Å². The van der Waals surface area contributed by atoms with Crippen LogP contribution in [-0.2, 0) is 25.0 Å². The average molecular weight is 667 g/mol. The van der Waals surface area contributed by atoms with Gasteiger partial charge in [-0.25, -0.2) is 0 Å². The molecule has 4 aromatic rings. The molecule has 0 saturated carbocycles. The number of azo groups is 1. The van der Waals surface area contributed by atoms with Crippen molar-refractivity contribution in [2.24, 2.45) is 10.2 Å². The van der Waals surface area contributed by atoms with Crippen molar-refractivity contribution in [2.45, 2.75) is 9.79 Å². The van der Waals surface area contributed by atoms with Crippen molar-refractivity contribution >= 4 is 86.4 Å². The molecule has 0 aliphatic rings. The maximum Gasteiger partial charge on any atom is 0.296 e. The first-order valence-corrected chi connectivity index (χ1v) is 14.4. The van der Waals surface area contributed by atoms with Crippen LogP contribution in [0.3, 0.4) is 0 Å². The fraction of sp³-hybridized carbons (Fsp3) is 0. The second-order valence-corrected chi connectivity index (χ2v) is 12.0. The number of amides is 1. The van der Waals surface area contributed by atoms with Crippen molar-refractivity contribution in [2.75, 3.05) is 5.32 Å². The van der Waals surface area contributed by atoms with Crippen molar-refractivity contribution in [3.63, 3.8) is 0 Å². The zero-order valence-electron chi connectivity index (χ0n) is 20.0. The van der Waals surface area contributed by atoms with Crippen LogP contribution in [-0.4, -0.2) is 47.0 Å². The Morgan fingerprint density at radius 2 is 1.49 bits per heavy atom. The number of hydrogen-bond acceptors (Lipinski definition) is 11. The SMILES string of the molecule is C=C(Br)C(=O)Nc1ccc2c(O)c(N=Nc3c(O)cc(S(=O)(=O)O)c4cc([N+](=O)[O-])ccc34)c(S(=O)(=O)O)cc2c1. The minimum atomic E-state index is -5.07. The summed E-state index contributed by atoms with van der Waals surface area (Å²) in [6.07, 6.45) is 0. The van der Waals surface area contributed by atoms with Crippen LogP contribution in [0.25, 0.3) is 21.5 Å². The maximum atomic E-state index is 12.2. The molecule has 0 heterocycles. The summed E-state index contributed by atoms with van der Waals surface area (Å²) < 4.78 is 67.6. The Hall–Kier alpha value is -4.49. The molecule has 41 heavy (non-hydrogen) atoms. The highest BCUT2D eigenvalue weighted by Gasteiger charge is 2.25. The molecule has 0 spiro atoms. The summed E-state index contributed by atoms with van der Waals surface area (Å²) >= 11 is 2.91. The Labute approximate surface area is 238 Å². The van der Waals surface area contributed by atoms with Crippen LogP contribution in [0, 0.1) is 10.1 Å². The zero-order valence-corrected chi connectivity index (χ0v) is 23.2. The van der Waals surface area contributed by atoms with Gasteiger partial charge in [0.1, 0.15) is 26.9 Å². The van der Waals surface area contributed by atoms with E-state index in [0.29, 0.717) is 6.07 Å². The number of phenols is 2. The van der Waals surface area contributed by atoms with Crippen molar-refractivity contribution in [3.05, 3.63) is 69.7 Å². The normalized spacial score (nSPS) is 12.2. The molecule has 0 aliphatic heterocycles. The molecule has 0 aliphatic carbocycles. The Kier molecular flexibility index (Phi) is 7.54. The monoisotopic (exact) mass is 666 g/mol. The molecular weight excluding hydrogens is 652 g/mol. The van der Waals surface area contributed by atoms with Gasteiger partial charge >= 0.3 is 0 Å². The van der Waals surface area contributed by atoms with E-state index in [4.69, 9.17) is 0 Å². The van der Waals surface area contributed by atoms with Gasteiger partial charge in [-0.15, -0.1) is 10.2 Å². The van der Waals surface area contributed by atoms with Crippen LogP contribution in [0.5, 0.6) is 11.5 Å². The van der Waals surface area contributed by atoms with E-state index >= 15 is 0 Å². The number of hydrogen-bond donors (Lipinski definition) is 5. The summed E-state index contributed by atoms with van der Waals surface area (Å²) in [6, 6.07) is 8.21. The number of anilines is 1.